The minimum Gasteiger partial charge on any atom is -0.393 e. The maximum absolute atomic E-state index is 12.3. The van der Waals surface area contributed by atoms with Crippen molar-refractivity contribution in [3.05, 3.63) is 58.8 Å². The lowest BCUT2D eigenvalue weighted by atomic mass is 9.91. The highest BCUT2D eigenvalue weighted by atomic mass is 16.5. The fourth-order valence-electron chi connectivity index (χ4n) is 4.46. The van der Waals surface area contributed by atoms with Crippen LogP contribution >= 0.6 is 0 Å². The minimum atomic E-state index is -0.0510. The first kappa shape index (κ1) is 24.0. The Morgan fingerprint density at radius 2 is 2.21 bits per heavy atom. The molecule has 1 aliphatic carbocycles. The standard InChI is InChI=1S/C25H35N7O2/c1-4-23(33)30-21-15-20(31-9-5-12-34-13-11-31)14-18(2)24(21)28-17-29-25-19(16-26-3)6-7-22-27-8-10-32(22)25/h6-8,10,14-16,18,24,26,28H,4-5,9,11-13,17H2,1-3H3,(H,30,33)/b19-16-,29-25+. The number of allylic oxidation sites excluding steroid dienone is 1. The number of hydrogen-bond acceptors (Lipinski definition) is 7. The Bertz CT molecular complexity index is 1180. The van der Waals surface area contributed by atoms with Gasteiger partial charge >= 0.3 is 0 Å². The van der Waals surface area contributed by atoms with Crippen LogP contribution in [-0.2, 0) is 9.53 Å². The normalized spacial score (nSPS) is 22.4. The molecule has 2 unspecified atom stereocenters. The molecule has 182 valence electrons. The summed E-state index contributed by atoms with van der Waals surface area (Å²) in [6, 6.07) is 3.93. The zero-order valence-electron chi connectivity index (χ0n) is 20.3. The smallest absolute Gasteiger partial charge is 0.223 e. The Morgan fingerprint density at radius 3 is 3.03 bits per heavy atom. The molecular weight excluding hydrogens is 430 g/mol. The molecule has 2 aromatic rings. The van der Waals surface area contributed by atoms with Gasteiger partial charge in [-0.3, -0.25) is 19.5 Å². The van der Waals surface area contributed by atoms with Gasteiger partial charge in [-0.25, -0.2) is 4.98 Å². The highest BCUT2D eigenvalue weighted by Crippen LogP contribution is 2.25. The second-order valence-electron chi connectivity index (χ2n) is 8.60. The monoisotopic (exact) mass is 465 g/mol. The number of pyridine rings is 1. The highest BCUT2D eigenvalue weighted by molar-refractivity contribution is 5.77. The van der Waals surface area contributed by atoms with Crippen molar-refractivity contribution in [3.8, 4) is 0 Å². The molecule has 2 aliphatic rings. The third-order valence-corrected chi connectivity index (χ3v) is 6.20. The molecule has 1 saturated heterocycles. The van der Waals surface area contributed by atoms with Crippen molar-refractivity contribution >= 4 is 17.8 Å². The van der Waals surface area contributed by atoms with Gasteiger partial charge in [0.05, 0.1) is 19.3 Å². The SMILES string of the molecule is CCC(=O)NC1=CC(N2CCCOCC2)=CC(C)C1NC/N=c1\c(=C/NC)ccc2nccn12. The number of fused-ring (bicyclic) bond motifs is 1. The third kappa shape index (κ3) is 5.48. The molecule has 9 nitrogen and oxygen atoms in total. The lowest BCUT2D eigenvalue weighted by Gasteiger charge is -2.34. The van der Waals surface area contributed by atoms with Crippen molar-refractivity contribution in [1.82, 2.24) is 30.2 Å². The van der Waals surface area contributed by atoms with E-state index in [1.165, 1.54) is 0 Å². The number of amides is 1. The summed E-state index contributed by atoms with van der Waals surface area (Å²) in [5.41, 5.74) is 3.71. The Labute approximate surface area is 200 Å². The highest BCUT2D eigenvalue weighted by Gasteiger charge is 2.27. The number of carbonyl (C=O) groups is 1. The molecule has 2 aromatic heterocycles. The first-order valence-electron chi connectivity index (χ1n) is 12.0. The molecule has 0 saturated carbocycles. The van der Waals surface area contributed by atoms with E-state index in [1.807, 2.05) is 42.9 Å². The second-order valence-corrected chi connectivity index (χ2v) is 8.60. The van der Waals surface area contributed by atoms with Crippen LogP contribution < -0.4 is 26.7 Å². The van der Waals surface area contributed by atoms with E-state index in [-0.39, 0.29) is 17.9 Å². The van der Waals surface area contributed by atoms with Gasteiger partial charge in [-0.2, -0.15) is 0 Å². The number of nitrogens with one attached hydrogen (secondary N) is 3. The van der Waals surface area contributed by atoms with E-state index in [2.05, 4.69) is 44.9 Å². The summed E-state index contributed by atoms with van der Waals surface area (Å²) < 4.78 is 7.60. The average molecular weight is 466 g/mol. The fourth-order valence-corrected chi connectivity index (χ4v) is 4.46. The lowest BCUT2D eigenvalue weighted by molar-refractivity contribution is -0.120. The van der Waals surface area contributed by atoms with Gasteiger partial charge in [-0.1, -0.05) is 19.9 Å². The molecule has 0 spiro atoms. The number of aromatic nitrogens is 2. The van der Waals surface area contributed by atoms with Gasteiger partial charge in [-0.15, -0.1) is 0 Å². The zero-order valence-corrected chi connectivity index (χ0v) is 20.3. The average Bonchev–Trinajstić information content (AvgIpc) is 3.14. The largest absolute Gasteiger partial charge is 0.393 e. The number of hydrogen-bond donors (Lipinski definition) is 3. The number of ether oxygens (including phenoxy) is 1. The molecule has 4 rings (SSSR count). The molecule has 1 amide bonds. The van der Waals surface area contributed by atoms with Crippen LogP contribution in [0.2, 0.25) is 0 Å². The molecule has 0 aromatic carbocycles. The summed E-state index contributed by atoms with van der Waals surface area (Å²) in [5.74, 6) is 0.190. The maximum Gasteiger partial charge on any atom is 0.223 e. The number of rotatable bonds is 7. The first-order chi connectivity index (χ1) is 16.6. The predicted octanol–water partition coefficient (Wildman–Crippen LogP) is 0.493. The molecule has 0 radical (unpaired) electrons. The third-order valence-electron chi connectivity index (χ3n) is 6.20. The van der Waals surface area contributed by atoms with Gasteiger partial charge in [0.25, 0.3) is 0 Å². The summed E-state index contributed by atoms with van der Waals surface area (Å²) in [5, 5.41) is 10.7. The van der Waals surface area contributed by atoms with Gasteiger partial charge in [0.2, 0.25) is 5.91 Å². The minimum absolute atomic E-state index is 0.0109. The summed E-state index contributed by atoms with van der Waals surface area (Å²) in [7, 11) is 1.87. The van der Waals surface area contributed by atoms with E-state index in [9.17, 15) is 4.79 Å². The van der Waals surface area contributed by atoms with Crippen molar-refractivity contribution in [2.75, 3.05) is 40.0 Å². The summed E-state index contributed by atoms with van der Waals surface area (Å²) in [6.07, 6.45) is 11.4. The van der Waals surface area contributed by atoms with Crippen molar-refractivity contribution < 1.29 is 9.53 Å². The van der Waals surface area contributed by atoms with Crippen molar-refractivity contribution in [2.24, 2.45) is 10.9 Å². The molecule has 0 bridgehead atoms. The lowest BCUT2D eigenvalue weighted by Crippen LogP contribution is -2.45. The van der Waals surface area contributed by atoms with Crippen LogP contribution in [0.15, 0.2) is 53.1 Å². The summed E-state index contributed by atoms with van der Waals surface area (Å²) >= 11 is 0. The van der Waals surface area contributed by atoms with Crippen LogP contribution in [0.1, 0.15) is 26.7 Å². The fraction of sp³-hybridized carbons (Fsp3) is 0.480. The van der Waals surface area contributed by atoms with Crippen LogP contribution in [0.4, 0.5) is 0 Å². The van der Waals surface area contributed by atoms with Gasteiger partial charge in [-0.05, 0) is 30.5 Å². The molecule has 3 heterocycles. The zero-order chi connectivity index (χ0) is 23.9. The van der Waals surface area contributed by atoms with E-state index in [4.69, 9.17) is 9.73 Å². The number of carbonyl (C=O) groups excluding carboxylic acids is 1. The molecule has 1 fully saturated rings. The van der Waals surface area contributed by atoms with Gasteiger partial charge in [0, 0.05) is 68.4 Å². The van der Waals surface area contributed by atoms with Gasteiger partial charge in [0.1, 0.15) is 11.1 Å². The predicted molar refractivity (Wildman–Crippen MR) is 132 cm³/mol. The van der Waals surface area contributed by atoms with Crippen LogP contribution in [0.25, 0.3) is 11.8 Å². The molecule has 34 heavy (non-hydrogen) atoms. The van der Waals surface area contributed by atoms with E-state index in [0.29, 0.717) is 13.1 Å². The van der Waals surface area contributed by atoms with Crippen molar-refractivity contribution in [3.63, 3.8) is 0 Å². The van der Waals surface area contributed by atoms with E-state index < -0.39 is 0 Å². The van der Waals surface area contributed by atoms with E-state index in [0.717, 1.165) is 60.5 Å². The van der Waals surface area contributed by atoms with Crippen LogP contribution in [0.5, 0.6) is 0 Å². The van der Waals surface area contributed by atoms with Crippen LogP contribution in [0, 0.1) is 5.92 Å². The Hall–Kier alpha value is -3.17. The Kier molecular flexibility index (Phi) is 7.97. The quantitative estimate of drug-likeness (QED) is 0.551. The first-order valence-corrected chi connectivity index (χ1v) is 12.0. The van der Waals surface area contributed by atoms with Crippen LogP contribution in [0.3, 0.4) is 0 Å². The second kappa shape index (κ2) is 11.3. The van der Waals surface area contributed by atoms with E-state index >= 15 is 0 Å². The topological polar surface area (TPSA) is 95.3 Å². The van der Waals surface area contributed by atoms with Crippen molar-refractivity contribution in [2.45, 2.75) is 32.7 Å². The van der Waals surface area contributed by atoms with Crippen molar-refractivity contribution in [1.29, 1.82) is 0 Å². The molecular formula is C25H35N7O2. The van der Waals surface area contributed by atoms with Gasteiger partial charge < -0.3 is 20.3 Å². The molecule has 3 N–H and O–H groups in total. The van der Waals surface area contributed by atoms with Crippen LogP contribution in [-0.4, -0.2) is 66.3 Å². The van der Waals surface area contributed by atoms with Gasteiger partial charge in [0.15, 0.2) is 0 Å². The molecule has 2 atom stereocenters. The Balaban J connectivity index is 1.59. The number of imidazole rings is 1. The van der Waals surface area contributed by atoms with E-state index in [1.54, 1.807) is 6.20 Å². The molecule has 1 aliphatic heterocycles. The summed E-state index contributed by atoms with van der Waals surface area (Å²) in [6.45, 7) is 7.78. The maximum atomic E-state index is 12.3. The number of nitrogens with zero attached hydrogens (tertiary/aromatic N) is 4. The Morgan fingerprint density at radius 1 is 1.32 bits per heavy atom. The summed E-state index contributed by atoms with van der Waals surface area (Å²) in [4.78, 5) is 23.9. The molecule has 9 heteroatoms.